The largest absolute Gasteiger partial charge is 0.207 e. The zero-order valence-corrected chi connectivity index (χ0v) is 24.9. The zero-order chi connectivity index (χ0) is 31.1. The Balaban J connectivity index is 2.57. The molecule has 12 heteroatoms. The van der Waals surface area contributed by atoms with E-state index in [0.717, 1.165) is 0 Å². The lowest BCUT2D eigenvalue weighted by Gasteiger charge is -2.58. The van der Waals surface area contributed by atoms with Gasteiger partial charge in [0.15, 0.2) is 34.9 Å². The van der Waals surface area contributed by atoms with Crippen LogP contribution in [0.25, 0.3) is 0 Å². The molecule has 1 aliphatic rings. The molecule has 0 aromatic heterocycles. The first kappa shape index (κ1) is 32.7. The van der Waals surface area contributed by atoms with Crippen molar-refractivity contribution in [2.24, 2.45) is 0 Å². The average molecular weight is 602 g/mol. The number of hydrogen-bond acceptors (Lipinski definition) is 0. The number of halogens is 10. The normalized spacial score (nSPS) is 18.5. The van der Waals surface area contributed by atoms with Gasteiger partial charge in [0, 0.05) is 12.9 Å². The second-order valence-corrected chi connectivity index (χ2v) is 20.1. The van der Waals surface area contributed by atoms with E-state index in [4.69, 9.17) is 0 Å². The monoisotopic (exact) mass is 602 g/mol. The summed E-state index contributed by atoms with van der Waals surface area (Å²) in [6.07, 6.45) is -4.79. The maximum atomic E-state index is 15.5. The fourth-order valence-corrected chi connectivity index (χ4v) is 19.6. The van der Waals surface area contributed by atoms with E-state index in [2.05, 4.69) is 0 Å². The molecule has 0 aliphatic carbocycles. The second kappa shape index (κ2) is 9.91. The Bertz CT molecular complexity index is 1190. The van der Waals surface area contributed by atoms with Gasteiger partial charge in [0.05, 0.1) is 21.6 Å². The highest BCUT2D eigenvalue weighted by atomic mass is 31.2. The third kappa shape index (κ3) is 4.30. The van der Waals surface area contributed by atoms with E-state index in [-0.39, 0.29) is 6.42 Å². The van der Waals surface area contributed by atoms with Gasteiger partial charge in [-0.3, -0.25) is 0 Å². The van der Waals surface area contributed by atoms with Crippen LogP contribution in [0.2, 0.25) is 12.6 Å². The summed E-state index contributed by atoms with van der Waals surface area (Å²) < 4.78 is 148. The van der Waals surface area contributed by atoms with E-state index in [1.807, 2.05) is 62.3 Å². The molecule has 224 valence electrons. The molecule has 0 nitrogen and oxygen atoms in total. The predicted octanol–water partition coefficient (Wildman–Crippen LogP) is 8.83. The highest BCUT2D eigenvalue weighted by molar-refractivity contribution is 7.80. The molecule has 2 aromatic carbocycles. The number of rotatable bonds is 3. The van der Waals surface area contributed by atoms with Gasteiger partial charge in [0.2, 0.25) is 0 Å². The number of benzene rings is 2. The maximum Gasteiger partial charge on any atom is 0.200 e. The van der Waals surface area contributed by atoms with Gasteiger partial charge >= 0.3 is 0 Å². The summed E-state index contributed by atoms with van der Waals surface area (Å²) in [6.45, 7) is 17.6. The van der Waals surface area contributed by atoms with E-state index in [1.165, 1.54) is 0 Å². The molecular formula is C28H34BF10P. The standard InChI is InChI=1S/C28H34BF10P/c1-26(2,3)40(27(4,5)6,28(7,8)9)13-10-11-29(12-13,14-16(30)20(34)24(38)21(35)17(14)31)15-18(32)22(36)25(39)23(37)19(15)33/h13H,10-12H2,1-9H3/t13-/m1/s1. The summed E-state index contributed by atoms with van der Waals surface area (Å²) in [7, 11) is -2.54. The van der Waals surface area contributed by atoms with Crippen molar-refractivity contribution in [3.63, 3.8) is 0 Å². The van der Waals surface area contributed by atoms with E-state index in [9.17, 15) is 26.3 Å². The molecular weight excluding hydrogens is 568 g/mol. The van der Waals surface area contributed by atoms with E-state index in [1.54, 1.807) is 0 Å². The summed E-state index contributed by atoms with van der Waals surface area (Å²) in [5, 5.41) is -1.52. The Morgan fingerprint density at radius 2 is 0.725 bits per heavy atom. The highest BCUT2D eigenvalue weighted by Gasteiger charge is 2.69. The molecule has 1 heterocycles. The molecule has 0 spiro atoms. The lowest BCUT2D eigenvalue weighted by Crippen LogP contribution is -2.63. The zero-order valence-electron chi connectivity index (χ0n) is 24.0. The van der Waals surface area contributed by atoms with E-state index < -0.39 is 116 Å². The van der Waals surface area contributed by atoms with Gasteiger partial charge in [0.1, 0.15) is 23.3 Å². The topological polar surface area (TPSA) is 0 Å². The van der Waals surface area contributed by atoms with Crippen molar-refractivity contribution in [1.82, 2.24) is 0 Å². The molecule has 0 N–H and O–H groups in total. The molecule has 0 radical (unpaired) electrons. The first-order chi connectivity index (χ1) is 17.9. The molecule has 1 fully saturated rings. The van der Waals surface area contributed by atoms with Gasteiger partial charge in [-0.2, -0.15) is 6.32 Å². The SMILES string of the molecule is CC(C)(C)[P+]([C@@H]1CC[B-](c2c(F)c(F)c(F)c(F)c2F)(c2c(F)c(F)c(F)c(F)c2F)C1)(C(C)(C)C)C(C)(C)C. The Morgan fingerprint density at radius 1 is 0.475 bits per heavy atom. The number of hydrogen-bond donors (Lipinski definition) is 0. The van der Waals surface area contributed by atoms with Crippen molar-refractivity contribution in [2.75, 3.05) is 0 Å². The Kier molecular flexibility index (Phi) is 8.11. The van der Waals surface area contributed by atoms with Crippen LogP contribution in [0.4, 0.5) is 43.9 Å². The molecule has 0 bridgehead atoms. The fraction of sp³-hybridized carbons (Fsp3) is 0.571. The summed E-state index contributed by atoms with van der Waals surface area (Å²) in [5.74, 6) is -23.8. The Labute approximate surface area is 229 Å². The van der Waals surface area contributed by atoms with Gasteiger partial charge < -0.3 is 0 Å². The van der Waals surface area contributed by atoms with E-state index >= 15 is 17.6 Å². The highest BCUT2D eigenvalue weighted by Crippen LogP contribution is 2.87. The van der Waals surface area contributed by atoms with Gasteiger partial charge in [-0.25, -0.2) is 43.9 Å². The van der Waals surface area contributed by atoms with Crippen LogP contribution in [0, 0.1) is 58.2 Å². The third-order valence-corrected chi connectivity index (χ3v) is 16.9. The minimum atomic E-state index is -3.72. The van der Waals surface area contributed by atoms with Crippen molar-refractivity contribution in [1.29, 1.82) is 0 Å². The average Bonchev–Trinajstić information content (AvgIpc) is 3.21. The Morgan fingerprint density at radius 3 is 0.975 bits per heavy atom. The van der Waals surface area contributed by atoms with E-state index in [0.29, 0.717) is 0 Å². The van der Waals surface area contributed by atoms with Crippen LogP contribution in [-0.4, -0.2) is 27.3 Å². The summed E-state index contributed by atoms with van der Waals surface area (Å²) in [5.41, 5.74) is -3.65. The van der Waals surface area contributed by atoms with Crippen molar-refractivity contribution >= 4 is 24.3 Å². The van der Waals surface area contributed by atoms with Gasteiger partial charge in [-0.05, 0) is 62.3 Å². The van der Waals surface area contributed by atoms with Crippen LogP contribution in [0.5, 0.6) is 0 Å². The van der Waals surface area contributed by atoms with Crippen molar-refractivity contribution < 1.29 is 43.9 Å². The molecule has 40 heavy (non-hydrogen) atoms. The summed E-state index contributed by atoms with van der Waals surface area (Å²) in [6, 6.07) is 0. The van der Waals surface area contributed by atoms with Crippen LogP contribution in [0.3, 0.4) is 0 Å². The van der Waals surface area contributed by atoms with Crippen LogP contribution >= 0.6 is 7.26 Å². The molecule has 0 saturated carbocycles. The smallest absolute Gasteiger partial charge is 0.200 e. The van der Waals surface area contributed by atoms with Crippen LogP contribution in [-0.2, 0) is 0 Å². The first-order valence-electron chi connectivity index (χ1n) is 13.0. The quantitative estimate of drug-likeness (QED) is 0.108. The third-order valence-electron chi connectivity index (χ3n) is 8.98. The molecule has 3 rings (SSSR count). The van der Waals surface area contributed by atoms with Gasteiger partial charge in [-0.1, -0.05) is 6.42 Å². The first-order valence-corrected chi connectivity index (χ1v) is 14.9. The Hall–Kier alpha value is -1.77. The van der Waals surface area contributed by atoms with Crippen LogP contribution < -0.4 is 10.9 Å². The van der Waals surface area contributed by atoms with Crippen molar-refractivity contribution in [3.8, 4) is 0 Å². The van der Waals surface area contributed by atoms with Crippen LogP contribution in [0.15, 0.2) is 0 Å². The minimum absolute atomic E-state index is 0.0125. The summed E-state index contributed by atoms with van der Waals surface area (Å²) in [4.78, 5) is 0. The second-order valence-electron chi connectivity index (χ2n) is 13.9. The van der Waals surface area contributed by atoms with Crippen molar-refractivity contribution in [2.45, 2.75) is 103 Å². The molecule has 1 atom stereocenters. The predicted molar refractivity (Wildman–Crippen MR) is 142 cm³/mol. The molecule has 0 amide bonds. The van der Waals surface area contributed by atoms with Gasteiger partial charge in [0.25, 0.3) is 0 Å². The minimum Gasteiger partial charge on any atom is -0.207 e. The molecule has 1 aliphatic heterocycles. The fourth-order valence-electron chi connectivity index (χ4n) is 9.07. The summed E-state index contributed by atoms with van der Waals surface area (Å²) >= 11 is 0. The lowest BCUT2D eigenvalue weighted by molar-refractivity contribution is 0.381. The maximum absolute atomic E-state index is 15.5. The lowest BCUT2D eigenvalue weighted by atomic mass is 9.17. The molecule has 1 saturated heterocycles. The van der Waals surface area contributed by atoms with Gasteiger partial charge in [-0.15, -0.1) is 17.2 Å². The van der Waals surface area contributed by atoms with Crippen molar-refractivity contribution in [3.05, 3.63) is 58.2 Å². The molecule has 0 unspecified atom stereocenters. The van der Waals surface area contributed by atoms with Crippen LogP contribution in [0.1, 0.15) is 68.7 Å². The molecule has 2 aromatic rings.